The van der Waals surface area contributed by atoms with Gasteiger partial charge in [0.1, 0.15) is 28.9 Å². The number of fused-ring (bicyclic) bond motifs is 5. The van der Waals surface area contributed by atoms with Crippen molar-refractivity contribution >= 4 is 72.6 Å². The van der Waals surface area contributed by atoms with Crippen molar-refractivity contribution < 1.29 is 52.7 Å². The minimum atomic E-state index is -1.26. The zero-order valence-corrected chi connectivity index (χ0v) is 64.5. The Bertz CT molecular complexity index is 7380. The largest absolute Gasteiger partial charge is 0.362 e. The SMILES string of the molecule is Fc1cc(F)c(-c2ncccc2-c2ccc3ncccc3c2)cc1F.Fc1cc(F)c(-c2ncccc2-c2ccc3nccn3c2)cc1F.Fc1cc(F)c(-c2ncccc2-c2ccc3ncsc3c2)cc1F.[C-]#[N+]c1cnc2ccc(-c3cccnc3-c3cc(F)c(F)cc3F)cn12.[C-]#[N+]c1cnc2ccc(-c3cccnc3-c3cccc(Cl)c3)cn12. The Labute approximate surface area is 698 Å². The third-order valence-electron chi connectivity index (χ3n) is 19.3. The molecule has 13 aromatic heterocycles. The maximum absolute atomic E-state index is 14.2. The monoisotopic (exact) mass is 1680 g/mol. The lowest BCUT2D eigenvalue weighted by atomic mass is 9.97. The lowest BCUT2D eigenvalue weighted by Crippen LogP contribution is -1.96. The first-order valence-electron chi connectivity index (χ1n) is 36.7. The molecule has 0 amide bonds. The molecule has 20 aromatic rings. The van der Waals surface area contributed by atoms with Crippen molar-refractivity contribution in [2.75, 3.05) is 0 Å². The van der Waals surface area contributed by atoms with Crippen LogP contribution in [0.1, 0.15) is 0 Å². The molecule has 0 N–H and O–H groups in total. The third kappa shape index (κ3) is 17.1. The van der Waals surface area contributed by atoms with Crippen molar-refractivity contribution in [3.63, 3.8) is 0 Å². The van der Waals surface area contributed by atoms with Gasteiger partial charge in [0.2, 0.25) is 11.3 Å². The Morgan fingerprint density at radius 2 is 0.667 bits per heavy atom. The van der Waals surface area contributed by atoms with Crippen LogP contribution in [0.15, 0.2) is 304 Å². The minimum Gasteiger partial charge on any atom is -0.362 e. The molecule has 0 bridgehead atoms. The van der Waals surface area contributed by atoms with Gasteiger partial charge in [-0.1, -0.05) is 85.4 Å². The fourth-order valence-electron chi connectivity index (χ4n) is 13.5. The van der Waals surface area contributed by atoms with Gasteiger partial charge in [0.25, 0.3) is 11.6 Å². The van der Waals surface area contributed by atoms with Crippen molar-refractivity contribution in [3.05, 3.63) is 402 Å². The summed E-state index contributed by atoms with van der Waals surface area (Å²) in [5.41, 5.74) is 15.2. The van der Waals surface area contributed by atoms with Crippen molar-refractivity contribution in [3.8, 4) is 112 Å². The molecule has 0 aliphatic heterocycles. The number of thiazole rings is 1. The van der Waals surface area contributed by atoms with Gasteiger partial charge in [0.05, 0.1) is 74.5 Å². The van der Waals surface area contributed by atoms with E-state index in [1.807, 2.05) is 126 Å². The Kier molecular flexibility index (Phi) is 23.2. The van der Waals surface area contributed by atoms with Crippen LogP contribution in [-0.2, 0) is 0 Å². The zero-order chi connectivity index (χ0) is 85.5. The molecule has 0 atom stereocenters. The van der Waals surface area contributed by atoms with Crippen LogP contribution >= 0.6 is 22.9 Å². The maximum Gasteiger partial charge on any atom is 0.254 e. The van der Waals surface area contributed by atoms with E-state index >= 15 is 0 Å². The van der Waals surface area contributed by atoms with Gasteiger partial charge in [-0.3, -0.25) is 29.9 Å². The molecular weight excluding hydrogens is 1630 g/mol. The van der Waals surface area contributed by atoms with Crippen LogP contribution in [0.3, 0.4) is 0 Å². The summed E-state index contributed by atoms with van der Waals surface area (Å²) in [7, 11) is 0. The van der Waals surface area contributed by atoms with Gasteiger partial charge in [-0.15, -0.1) is 11.3 Å². The Hall–Kier alpha value is -15.9. The predicted octanol–water partition coefficient (Wildman–Crippen LogP) is 25.6. The summed E-state index contributed by atoms with van der Waals surface area (Å²) in [5.74, 6) is -12.1. The summed E-state index contributed by atoms with van der Waals surface area (Å²) in [6, 6.07) is 56.6. The molecule has 0 aliphatic carbocycles. The normalized spacial score (nSPS) is 11.0. The van der Waals surface area contributed by atoms with Crippen LogP contribution < -0.4 is 0 Å². The van der Waals surface area contributed by atoms with E-state index in [1.54, 1.807) is 112 Å². The van der Waals surface area contributed by atoms with Gasteiger partial charge in [0.15, 0.2) is 46.5 Å². The van der Waals surface area contributed by atoms with Crippen LogP contribution in [0, 0.1) is 83.0 Å². The molecular formula is C94H50ClF12N15S. The number of hydrogen-bond donors (Lipinski definition) is 0. The van der Waals surface area contributed by atoms with Gasteiger partial charge in [-0.25, -0.2) is 81.4 Å². The van der Waals surface area contributed by atoms with Gasteiger partial charge in [-0.2, -0.15) is 0 Å². The van der Waals surface area contributed by atoms with Crippen molar-refractivity contribution in [2.24, 2.45) is 0 Å². The molecule has 0 fully saturated rings. The van der Waals surface area contributed by atoms with Gasteiger partial charge < -0.3 is 14.1 Å². The first-order chi connectivity index (χ1) is 59.7. The summed E-state index contributed by atoms with van der Waals surface area (Å²) in [6.45, 7) is 14.4. The van der Waals surface area contributed by atoms with Crippen molar-refractivity contribution in [2.45, 2.75) is 0 Å². The summed E-state index contributed by atoms with van der Waals surface area (Å²) in [6.07, 6.45) is 21.3. The highest BCUT2D eigenvalue weighted by atomic mass is 35.5. The number of rotatable bonds is 10. The van der Waals surface area contributed by atoms with Gasteiger partial charge in [-0.05, 0) is 132 Å². The summed E-state index contributed by atoms with van der Waals surface area (Å²) in [4.78, 5) is 49.1. The van der Waals surface area contributed by atoms with Crippen molar-refractivity contribution in [1.29, 1.82) is 0 Å². The molecule has 0 aliphatic rings. The minimum absolute atomic E-state index is 0.0751. The average molecular weight is 1690 g/mol. The predicted molar refractivity (Wildman–Crippen MR) is 447 cm³/mol. The van der Waals surface area contributed by atoms with E-state index in [9.17, 15) is 52.7 Å². The fraction of sp³-hybridized carbons (Fsp3) is 0. The highest BCUT2D eigenvalue weighted by Crippen LogP contribution is 2.41. The Morgan fingerprint density at radius 3 is 1.12 bits per heavy atom. The lowest BCUT2D eigenvalue weighted by molar-refractivity contribution is 0.496. The lowest BCUT2D eigenvalue weighted by Gasteiger charge is -2.11. The van der Waals surface area contributed by atoms with Crippen LogP contribution in [0.5, 0.6) is 0 Å². The number of pyridine rings is 9. The van der Waals surface area contributed by atoms with Crippen molar-refractivity contribution in [1.82, 2.24) is 63.0 Å². The van der Waals surface area contributed by atoms with E-state index in [0.29, 0.717) is 74.4 Å². The number of halogens is 13. The smallest absolute Gasteiger partial charge is 0.254 e. The van der Waals surface area contributed by atoms with E-state index in [1.165, 1.54) is 42.3 Å². The van der Waals surface area contributed by atoms with E-state index in [4.69, 9.17) is 24.7 Å². The van der Waals surface area contributed by atoms with E-state index in [-0.39, 0.29) is 45.0 Å². The van der Waals surface area contributed by atoms with Crippen LogP contribution in [0.2, 0.25) is 5.02 Å². The second kappa shape index (κ2) is 35.3. The molecule has 20 rings (SSSR count). The summed E-state index contributed by atoms with van der Waals surface area (Å²) < 4.78 is 170. The number of benzene rings is 7. The molecule has 598 valence electrons. The average Bonchev–Trinajstić information content (AvgIpc) is 1.71. The van der Waals surface area contributed by atoms with Crippen LogP contribution in [-0.4, -0.2) is 63.0 Å². The standard InChI is InChI=1S/C20H11F3N2.C19H11ClN4.C19H9F3N4.C18H10F3N3.C18H9F3N2S/c21-16-11-18(23)17(22)10-15(16)20-14(4-2-8-25-20)12-5-6-19-13(9-12)3-1-7-24-19;1-21-18-11-23-17-8-7-14(12-24(17)18)16-6-3-9-22-19(16)13-4-2-5-15(20)10-13;1-23-18-9-25-17-5-4-11(10-26(17)18)12-3-2-6-24-19(12)13-7-15(21)16(22)8-14(13)20;19-14-9-16(21)15(20)8-13(14)18-12(2-1-5-23-18)11-3-4-17-22-6-7-24(17)10-11;19-13-8-15(21)14(20)7-12(13)18-11(2-1-5-22-18)10-3-4-16-17(6-10)24-9-23-16/h1-11H;2-12H;2-10H;1-10H;1-9H. The molecule has 0 saturated heterocycles. The number of nitrogens with zero attached hydrogens (tertiary/aromatic N) is 15. The molecule has 0 unspecified atom stereocenters. The van der Waals surface area contributed by atoms with Crippen LogP contribution in [0.25, 0.3) is 160 Å². The van der Waals surface area contributed by atoms with E-state index in [0.717, 1.165) is 95.8 Å². The van der Waals surface area contributed by atoms with Gasteiger partial charge in [0, 0.05) is 175 Å². The third-order valence-corrected chi connectivity index (χ3v) is 20.3. The molecule has 0 spiro atoms. The molecule has 15 nitrogen and oxygen atoms in total. The first-order valence-corrected chi connectivity index (χ1v) is 37.9. The molecule has 7 aromatic carbocycles. The zero-order valence-electron chi connectivity index (χ0n) is 62.9. The molecule has 13 heterocycles. The Balaban J connectivity index is 0.000000114. The molecule has 29 heteroatoms. The second-order valence-electron chi connectivity index (χ2n) is 26.8. The molecule has 0 saturated carbocycles. The number of imidazole rings is 3. The highest BCUT2D eigenvalue weighted by Gasteiger charge is 2.24. The molecule has 123 heavy (non-hydrogen) atoms. The maximum atomic E-state index is 14.2. The Morgan fingerprint density at radius 1 is 0.285 bits per heavy atom. The quantitative estimate of drug-likeness (QED) is 0.0735. The fourth-order valence-corrected chi connectivity index (χ4v) is 14.4. The van der Waals surface area contributed by atoms with Crippen LogP contribution in [0.4, 0.5) is 64.3 Å². The van der Waals surface area contributed by atoms with E-state index in [2.05, 4.69) is 59.5 Å². The topological polar surface area (TPSA) is 151 Å². The highest BCUT2D eigenvalue weighted by molar-refractivity contribution is 7.16. The second-order valence-corrected chi connectivity index (χ2v) is 28.1. The number of hydrogen-bond acceptors (Lipinski definition) is 11. The summed E-state index contributed by atoms with van der Waals surface area (Å²) >= 11 is 7.61. The molecule has 0 radical (unpaired) electrons. The summed E-state index contributed by atoms with van der Waals surface area (Å²) in [5, 5.41) is 1.59. The number of aromatic nitrogens is 13. The first kappa shape index (κ1) is 80.9. The van der Waals surface area contributed by atoms with Gasteiger partial charge >= 0.3 is 0 Å². The van der Waals surface area contributed by atoms with E-state index < -0.39 is 69.8 Å².